The molecule has 9 heteroatoms. The molecule has 3 amide bonds. The minimum absolute atomic E-state index is 0.0675. The molecule has 1 saturated heterocycles. The predicted molar refractivity (Wildman–Crippen MR) is 145 cm³/mol. The Balaban J connectivity index is 1.27. The number of carbonyl (C=O) groups is 3. The van der Waals surface area contributed by atoms with Crippen LogP contribution < -0.4 is 5.32 Å². The van der Waals surface area contributed by atoms with Crippen LogP contribution in [0.4, 0.5) is 0 Å². The Morgan fingerprint density at radius 1 is 1.16 bits per heavy atom. The first kappa shape index (κ1) is 26.1. The van der Waals surface area contributed by atoms with Crippen LogP contribution in [0.3, 0.4) is 0 Å². The van der Waals surface area contributed by atoms with Crippen molar-refractivity contribution in [2.45, 2.75) is 58.5 Å². The molecule has 2 aromatic carbocycles. The Kier molecular flexibility index (Phi) is 7.32. The maximum Gasteiger partial charge on any atom is 0.255 e. The van der Waals surface area contributed by atoms with Gasteiger partial charge in [-0.05, 0) is 35.6 Å². The molecule has 0 spiro atoms. The zero-order valence-corrected chi connectivity index (χ0v) is 22.6. The maximum atomic E-state index is 13.8. The quantitative estimate of drug-likeness (QED) is 0.486. The van der Waals surface area contributed by atoms with Gasteiger partial charge in [-0.1, -0.05) is 56.3 Å². The minimum Gasteiger partial charge on any atom is -0.391 e. The summed E-state index contributed by atoms with van der Waals surface area (Å²) in [4.78, 5) is 48.7. The van der Waals surface area contributed by atoms with Crippen molar-refractivity contribution < 1.29 is 19.5 Å². The molecule has 3 atom stereocenters. The molecule has 0 bridgehead atoms. The first-order chi connectivity index (χ1) is 18.2. The van der Waals surface area contributed by atoms with Gasteiger partial charge in [-0.25, -0.2) is 4.98 Å². The highest BCUT2D eigenvalue weighted by Gasteiger charge is 2.45. The minimum atomic E-state index is -0.795. The average Bonchev–Trinajstić information content (AvgIpc) is 3.60. The Morgan fingerprint density at radius 2 is 1.89 bits per heavy atom. The third-order valence-electron chi connectivity index (χ3n) is 7.36. The zero-order valence-electron chi connectivity index (χ0n) is 21.8. The number of aliphatic hydroxyl groups is 1. The molecule has 2 aliphatic heterocycles. The van der Waals surface area contributed by atoms with E-state index in [0.29, 0.717) is 18.7 Å². The number of likely N-dealkylation sites (tertiary alicyclic amines) is 1. The van der Waals surface area contributed by atoms with E-state index in [-0.39, 0.29) is 36.6 Å². The number of amides is 3. The molecule has 0 aliphatic carbocycles. The predicted octanol–water partition coefficient (Wildman–Crippen LogP) is 3.38. The number of rotatable bonds is 7. The first-order valence-corrected chi connectivity index (χ1v) is 13.8. The van der Waals surface area contributed by atoms with E-state index in [1.165, 1.54) is 4.90 Å². The summed E-state index contributed by atoms with van der Waals surface area (Å²) in [6, 6.07) is 13.8. The number of β-amino-alcohol motifs (C(OH)–C–C–N with tert-alkyl or cyclic N) is 1. The number of benzene rings is 2. The van der Waals surface area contributed by atoms with Gasteiger partial charge in [0.05, 0.1) is 22.2 Å². The van der Waals surface area contributed by atoms with Crippen LogP contribution in [0, 0.1) is 12.8 Å². The molecule has 38 heavy (non-hydrogen) atoms. The van der Waals surface area contributed by atoms with E-state index in [0.717, 1.165) is 27.3 Å². The molecule has 8 nitrogen and oxygen atoms in total. The summed E-state index contributed by atoms with van der Waals surface area (Å²) in [5.74, 6) is -0.953. The molecule has 198 valence electrons. The molecule has 0 radical (unpaired) electrons. The third kappa shape index (κ3) is 4.96. The molecule has 3 aromatic rings. The van der Waals surface area contributed by atoms with Crippen molar-refractivity contribution in [2.24, 2.45) is 5.92 Å². The SMILES string of the molecule is Cc1ncsc1-c1ccc(CNC(=O)[C@@H]2CC(O)CN2C(=O)C(C(C)C)N2Cc3ccccc3C2=O)cc1. The molecular weight excluding hydrogens is 500 g/mol. The van der Waals surface area contributed by atoms with Gasteiger partial charge in [-0.2, -0.15) is 0 Å². The van der Waals surface area contributed by atoms with E-state index in [1.54, 1.807) is 22.3 Å². The van der Waals surface area contributed by atoms with Gasteiger partial charge in [0.1, 0.15) is 12.1 Å². The third-order valence-corrected chi connectivity index (χ3v) is 8.34. The van der Waals surface area contributed by atoms with Gasteiger partial charge in [0.15, 0.2) is 0 Å². The zero-order chi connectivity index (χ0) is 27.0. The average molecular weight is 533 g/mol. The number of nitrogens with zero attached hydrogens (tertiary/aromatic N) is 3. The van der Waals surface area contributed by atoms with Crippen molar-refractivity contribution in [3.8, 4) is 10.4 Å². The lowest BCUT2D eigenvalue weighted by molar-refractivity contribution is -0.143. The van der Waals surface area contributed by atoms with E-state index in [1.807, 2.05) is 68.7 Å². The van der Waals surface area contributed by atoms with E-state index in [4.69, 9.17) is 0 Å². The van der Waals surface area contributed by atoms with E-state index in [9.17, 15) is 19.5 Å². The fraction of sp³-hybridized carbons (Fsp3) is 0.379. The second-order valence-corrected chi connectivity index (χ2v) is 11.2. The van der Waals surface area contributed by atoms with E-state index >= 15 is 0 Å². The fourth-order valence-electron chi connectivity index (χ4n) is 5.42. The number of thiazole rings is 1. The summed E-state index contributed by atoms with van der Waals surface area (Å²) < 4.78 is 0. The van der Waals surface area contributed by atoms with Gasteiger partial charge in [0, 0.05) is 31.6 Å². The summed E-state index contributed by atoms with van der Waals surface area (Å²) in [6.45, 7) is 6.51. The van der Waals surface area contributed by atoms with Crippen LogP contribution in [0.15, 0.2) is 54.0 Å². The van der Waals surface area contributed by atoms with Crippen LogP contribution in [0.2, 0.25) is 0 Å². The fourth-order valence-corrected chi connectivity index (χ4v) is 6.23. The van der Waals surface area contributed by atoms with Gasteiger partial charge >= 0.3 is 0 Å². The molecule has 2 N–H and O–H groups in total. The van der Waals surface area contributed by atoms with Gasteiger partial charge in [0.25, 0.3) is 5.91 Å². The summed E-state index contributed by atoms with van der Waals surface area (Å²) >= 11 is 1.59. The number of nitrogens with one attached hydrogen (secondary N) is 1. The van der Waals surface area contributed by atoms with Crippen LogP contribution in [-0.4, -0.2) is 62.3 Å². The van der Waals surface area contributed by atoms with Gasteiger partial charge in [-0.3, -0.25) is 14.4 Å². The topological polar surface area (TPSA) is 103 Å². The van der Waals surface area contributed by atoms with Crippen molar-refractivity contribution in [2.75, 3.05) is 6.54 Å². The number of hydrogen-bond acceptors (Lipinski definition) is 6. The van der Waals surface area contributed by atoms with Crippen molar-refractivity contribution in [3.05, 3.63) is 76.4 Å². The highest BCUT2D eigenvalue weighted by molar-refractivity contribution is 7.13. The molecule has 3 heterocycles. The first-order valence-electron chi connectivity index (χ1n) is 12.9. The van der Waals surface area contributed by atoms with Gasteiger partial charge < -0.3 is 20.2 Å². The van der Waals surface area contributed by atoms with Crippen LogP contribution >= 0.6 is 11.3 Å². The van der Waals surface area contributed by atoms with Crippen LogP contribution in [0.25, 0.3) is 10.4 Å². The second-order valence-electron chi connectivity index (χ2n) is 10.4. The number of aliphatic hydroxyl groups excluding tert-OH is 1. The Bertz CT molecular complexity index is 1350. The van der Waals surface area contributed by atoms with Crippen LogP contribution in [0.1, 0.15) is 47.4 Å². The Morgan fingerprint density at radius 3 is 2.55 bits per heavy atom. The van der Waals surface area contributed by atoms with Crippen molar-refractivity contribution in [3.63, 3.8) is 0 Å². The van der Waals surface area contributed by atoms with Gasteiger partial charge in [0.2, 0.25) is 11.8 Å². The Hall–Kier alpha value is -3.56. The molecule has 1 fully saturated rings. The smallest absolute Gasteiger partial charge is 0.255 e. The molecule has 0 saturated carbocycles. The molecule has 5 rings (SSSR count). The number of carbonyl (C=O) groups excluding carboxylic acids is 3. The molecular formula is C29H32N4O4S. The lowest BCUT2D eigenvalue weighted by atomic mass is 10.0. The summed E-state index contributed by atoms with van der Waals surface area (Å²) in [5.41, 5.74) is 6.32. The van der Waals surface area contributed by atoms with Crippen molar-refractivity contribution >= 4 is 29.1 Å². The highest BCUT2D eigenvalue weighted by Crippen LogP contribution is 2.30. The van der Waals surface area contributed by atoms with E-state index < -0.39 is 18.2 Å². The lowest BCUT2D eigenvalue weighted by Crippen LogP contribution is -2.55. The van der Waals surface area contributed by atoms with Gasteiger partial charge in [-0.15, -0.1) is 11.3 Å². The summed E-state index contributed by atoms with van der Waals surface area (Å²) in [6.07, 6.45) is -0.629. The molecule has 2 unspecified atom stereocenters. The normalized spacial score (nSPS) is 19.7. The maximum absolute atomic E-state index is 13.8. The van der Waals surface area contributed by atoms with E-state index in [2.05, 4.69) is 10.3 Å². The van der Waals surface area contributed by atoms with Crippen LogP contribution in [-0.2, 0) is 22.7 Å². The number of aromatic nitrogens is 1. The second kappa shape index (κ2) is 10.7. The number of aryl methyl sites for hydroxylation is 1. The Labute approximate surface area is 226 Å². The summed E-state index contributed by atoms with van der Waals surface area (Å²) in [5, 5.41) is 13.4. The monoisotopic (exact) mass is 532 g/mol. The van der Waals surface area contributed by atoms with Crippen molar-refractivity contribution in [1.82, 2.24) is 20.1 Å². The highest BCUT2D eigenvalue weighted by atomic mass is 32.1. The molecule has 1 aromatic heterocycles. The summed E-state index contributed by atoms with van der Waals surface area (Å²) in [7, 11) is 0. The largest absolute Gasteiger partial charge is 0.391 e. The lowest BCUT2D eigenvalue weighted by Gasteiger charge is -2.35. The number of hydrogen-bond donors (Lipinski definition) is 2. The standard InChI is InChI=1S/C29H32N4O4S/c1-17(2)25(33-14-21-6-4-5-7-23(21)28(33)36)29(37)32-15-22(34)12-24(32)27(35)30-13-19-8-10-20(11-9-19)26-18(3)31-16-38-26/h4-11,16-17,22,24-25,34H,12-15H2,1-3H3,(H,30,35)/t22?,24-,25?/m0/s1. The van der Waals surface area contributed by atoms with Crippen molar-refractivity contribution in [1.29, 1.82) is 0 Å². The molecule has 2 aliphatic rings. The number of fused-ring (bicyclic) bond motifs is 1. The van der Waals surface area contributed by atoms with Crippen LogP contribution in [0.5, 0.6) is 0 Å².